The van der Waals surface area contributed by atoms with Gasteiger partial charge in [0.15, 0.2) is 17.3 Å². The molecule has 0 N–H and O–H groups in total. The van der Waals surface area contributed by atoms with Crippen LogP contribution < -0.4 is 9.47 Å². The van der Waals surface area contributed by atoms with Crippen LogP contribution in [-0.2, 0) is 32.1 Å². The summed E-state index contributed by atoms with van der Waals surface area (Å²) in [5.74, 6) is -0.740. The average Bonchev–Trinajstić information content (AvgIpc) is 3.45. The fourth-order valence-electron chi connectivity index (χ4n) is 5.54. The van der Waals surface area contributed by atoms with E-state index in [0.29, 0.717) is 42.9 Å². The van der Waals surface area contributed by atoms with E-state index in [2.05, 4.69) is 0 Å². The second kappa shape index (κ2) is 6.95. The number of benzene rings is 2. The predicted molar refractivity (Wildman–Crippen MR) is 113 cm³/mol. The molecule has 1 saturated heterocycles. The summed E-state index contributed by atoms with van der Waals surface area (Å²) in [5.41, 5.74) is 2.36. The van der Waals surface area contributed by atoms with Crippen molar-refractivity contribution in [3.05, 3.63) is 65.2 Å². The molecule has 1 fully saturated rings. The minimum absolute atomic E-state index is 0.0423. The quantitative estimate of drug-likeness (QED) is 0.549. The van der Waals surface area contributed by atoms with Crippen LogP contribution in [0.2, 0.25) is 0 Å². The normalized spacial score (nSPS) is 25.1. The van der Waals surface area contributed by atoms with Gasteiger partial charge in [0.2, 0.25) is 12.7 Å². The molecule has 1 spiro atoms. The molecule has 7 heteroatoms. The van der Waals surface area contributed by atoms with E-state index in [-0.39, 0.29) is 25.1 Å². The number of nitrogens with zero attached hydrogens (tertiary/aromatic N) is 1. The largest absolute Gasteiger partial charge is 0.460 e. The van der Waals surface area contributed by atoms with Crippen LogP contribution in [0.4, 0.5) is 0 Å². The molecular formula is C25H21NO6. The first-order valence-corrected chi connectivity index (χ1v) is 10.8. The third-order valence-electron chi connectivity index (χ3n) is 6.97. The highest BCUT2D eigenvalue weighted by molar-refractivity contribution is 6.18. The molecule has 1 amide bonds. The van der Waals surface area contributed by atoms with E-state index in [4.69, 9.17) is 14.2 Å². The second-order valence-corrected chi connectivity index (χ2v) is 8.57. The number of ether oxygens (including phenoxy) is 3. The van der Waals surface area contributed by atoms with Crippen molar-refractivity contribution < 1.29 is 28.6 Å². The van der Waals surface area contributed by atoms with Crippen molar-refractivity contribution in [2.75, 3.05) is 13.3 Å². The van der Waals surface area contributed by atoms with E-state index in [9.17, 15) is 14.4 Å². The van der Waals surface area contributed by atoms with Crippen LogP contribution in [0.15, 0.2) is 48.5 Å². The van der Waals surface area contributed by atoms with Crippen LogP contribution in [0.3, 0.4) is 0 Å². The number of rotatable bonds is 3. The summed E-state index contributed by atoms with van der Waals surface area (Å²) in [6.45, 7) is 0.664. The summed E-state index contributed by atoms with van der Waals surface area (Å²) in [7, 11) is 0. The van der Waals surface area contributed by atoms with Gasteiger partial charge in [0.1, 0.15) is 12.5 Å². The Hall–Kier alpha value is -3.61. The molecule has 3 heterocycles. The summed E-state index contributed by atoms with van der Waals surface area (Å²) >= 11 is 0. The molecule has 1 unspecified atom stereocenters. The summed E-state index contributed by atoms with van der Waals surface area (Å²) < 4.78 is 16.7. The number of ketones is 1. The van der Waals surface area contributed by atoms with Gasteiger partial charge in [-0.2, -0.15) is 0 Å². The van der Waals surface area contributed by atoms with Gasteiger partial charge in [-0.05, 0) is 53.3 Å². The van der Waals surface area contributed by atoms with Gasteiger partial charge < -0.3 is 19.1 Å². The minimum atomic E-state index is -1.07. The SMILES string of the molecule is O=C1C=C2c3cc4c(cc3CCN3C(=O)CCC23[C@H]1C(=O)OCc1ccccc1)OCO4. The van der Waals surface area contributed by atoms with E-state index in [0.717, 1.165) is 16.7 Å². The predicted octanol–water partition coefficient (Wildman–Crippen LogP) is 2.66. The lowest BCUT2D eigenvalue weighted by Gasteiger charge is -2.39. The molecule has 0 aromatic heterocycles. The molecule has 2 atom stereocenters. The Labute approximate surface area is 184 Å². The van der Waals surface area contributed by atoms with Gasteiger partial charge in [0, 0.05) is 13.0 Å². The van der Waals surface area contributed by atoms with Crippen molar-refractivity contribution in [3.8, 4) is 11.5 Å². The first kappa shape index (κ1) is 19.1. The lowest BCUT2D eigenvalue weighted by Crippen LogP contribution is -2.54. The monoisotopic (exact) mass is 431 g/mol. The lowest BCUT2D eigenvalue weighted by molar-refractivity contribution is -0.156. The maximum Gasteiger partial charge on any atom is 0.319 e. The van der Waals surface area contributed by atoms with Crippen molar-refractivity contribution in [2.45, 2.75) is 31.4 Å². The van der Waals surface area contributed by atoms with Gasteiger partial charge in [0.05, 0.1) is 5.54 Å². The molecule has 7 nitrogen and oxygen atoms in total. The number of carbonyl (C=O) groups excluding carboxylic acids is 3. The highest BCUT2D eigenvalue weighted by Crippen LogP contribution is 2.54. The van der Waals surface area contributed by atoms with Gasteiger partial charge in [-0.25, -0.2) is 0 Å². The Morgan fingerprint density at radius 3 is 2.69 bits per heavy atom. The Kier molecular flexibility index (Phi) is 4.15. The average molecular weight is 431 g/mol. The molecule has 162 valence electrons. The zero-order valence-electron chi connectivity index (χ0n) is 17.3. The molecule has 2 aromatic carbocycles. The van der Waals surface area contributed by atoms with Crippen molar-refractivity contribution >= 4 is 23.2 Å². The minimum Gasteiger partial charge on any atom is -0.460 e. The van der Waals surface area contributed by atoms with Crippen LogP contribution in [-0.4, -0.2) is 41.4 Å². The lowest BCUT2D eigenvalue weighted by atomic mass is 9.77. The van der Waals surface area contributed by atoms with Crippen molar-refractivity contribution in [3.63, 3.8) is 0 Å². The molecule has 4 aliphatic rings. The first-order chi connectivity index (χ1) is 15.6. The van der Waals surface area contributed by atoms with E-state index in [1.807, 2.05) is 42.5 Å². The van der Waals surface area contributed by atoms with Gasteiger partial charge >= 0.3 is 5.97 Å². The van der Waals surface area contributed by atoms with Crippen LogP contribution in [0.25, 0.3) is 5.57 Å². The maximum absolute atomic E-state index is 13.3. The molecule has 1 aliphatic carbocycles. The second-order valence-electron chi connectivity index (χ2n) is 8.57. The van der Waals surface area contributed by atoms with Gasteiger partial charge in [-0.1, -0.05) is 30.3 Å². The van der Waals surface area contributed by atoms with Crippen molar-refractivity contribution in [1.29, 1.82) is 0 Å². The molecule has 0 saturated carbocycles. The number of amides is 1. The molecular weight excluding hydrogens is 410 g/mol. The number of hydrogen-bond donors (Lipinski definition) is 0. The Balaban J connectivity index is 1.41. The zero-order valence-corrected chi connectivity index (χ0v) is 17.3. The van der Waals surface area contributed by atoms with E-state index >= 15 is 0 Å². The molecule has 0 radical (unpaired) electrons. The maximum atomic E-state index is 13.3. The molecule has 6 rings (SSSR count). The molecule has 0 bridgehead atoms. The smallest absolute Gasteiger partial charge is 0.319 e. The number of carbonyl (C=O) groups is 3. The fraction of sp³-hybridized carbons (Fsp3) is 0.320. The van der Waals surface area contributed by atoms with Crippen molar-refractivity contribution in [1.82, 2.24) is 4.90 Å². The standard InChI is InChI=1S/C25H21NO6/c27-19-12-18-17-11-21-20(31-14-32-21)10-16(17)7-9-26-22(28)6-8-25(18,26)23(19)24(29)30-13-15-4-2-1-3-5-15/h1-5,10-12,23H,6-9,13-14H2/t23-,25?/m1/s1. The summed E-state index contributed by atoms with van der Waals surface area (Å²) in [6, 6.07) is 13.1. The first-order valence-electron chi connectivity index (χ1n) is 10.8. The Morgan fingerprint density at radius 2 is 1.88 bits per heavy atom. The highest BCUT2D eigenvalue weighted by atomic mass is 16.7. The van der Waals surface area contributed by atoms with E-state index < -0.39 is 17.4 Å². The third-order valence-corrected chi connectivity index (χ3v) is 6.97. The number of esters is 1. The van der Waals surface area contributed by atoms with Crippen LogP contribution in [0, 0.1) is 5.92 Å². The number of fused-ring (bicyclic) bond motifs is 3. The van der Waals surface area contributed by atoms with Gasteiger partial charge in [-0.15, -0.1) is 0 Å². The van der Waals surface area contributed by atoms with Gasteiger partial charge in [-0.3, -0.25) is 14.4 Å². The highest BCUT2D eigenvalue weighted by Gasteiger charge is 2.62. The van der Waals surface area contributed by atoms with Gasteiger partial charge in [0.25, 0.3) is 0 Å². The Morgan fingerprint density at radius 1 is 1.09 bits per heavy atom. The fourth-order valence-corrected chi connectivity index (χ4v) is 5.54. The number of allylic oxidation sites excluding steroid dienone is 1. The van der Waals surface area contributed by atoms with Crippen LogP contribution in [0.1, 0.15) is 29.5 Å². The number of hydrogen-bond acceptors (Lipinski definition) is 6. The molecule has 2 aromatic rings. The van der Waals surface area contributed by atoms with E-state index in [1.54, 1.807) is 4.90 Å². The Bertz CT molecular complexity index is 1190. The molecule has 3 aliphatic heterocycles. The molecule has 32 heavy (non-hydrogen) atoms. The summed E-state index contributed by atoms with van der Waals surface area (Å²) in [4.78, 5) is 41.1. The van der Waals surface area contributed by atoms with Crippen LogP contribution >= 0.6 is 0 Å². The van der Waals surface area contributed by atoms with Crippen molar-refractivity contribution in [2.24, 2.45) is 5.92 Å². The summed E-state index contributed by atoms with van der Waals surface area (Å²) in [5, 5.41) is 0. The topological polar surface area (TPSA) is 82.1 Å². The zero-order chi connectivity index (χ0) is 21.9. The summed E-state index contributed by atoms with van der Waals surface area (Å²) in [6.07, 6.45) is 2.85. The van der Waals surface area contributed by atoms with Crippen LogP contribution in [0.5, 0.6) is 11.5 Å². The third kappa shape index (κ3) is 2.63. The van der Waals surface area contributed by atoms with E-state index in [1.165, 1.54) is 6.08 Å².